The van der Waals surface area contributed by atoms with Gasteiger partial charge in [-0.1, -0.05) is 36.2 Å². The summed E-state index contributed by atoms with van der Waals surface area (Å²) >= 11 is 7.39. The summed E-state index contributed by atoms with van der Waals surface area (Å²) in [5.41, 5.74) is 0. The second-order valence-electron chi connectivity index (χ2n) is 4.27. The molecule has 1 aromatic heterocycles. The zero-order valence-corrected chi connectivity index (χ0v) is 12.1. The highest BCUT2D eigenvalue weighted by molar-refractivity contribution is 7.98. The van der Waals surface area contributed by atoms with Crippen LogP contribution in [0.4, 0.5) is 5.82 Å². The Kier molecular flexibility index (Phi) is 5.53. The molecule has 1 N–H and O–H groups in total. The lowest BCUT2D eigenvalue weighted by Gasteiger charge is -2.12. The normalized spacial score (nSPS) is 16.1. The molecular formula is C12H18ClN3OS. The molecule has 6 heteroatoms. The maximum Gasteiger partial charge on any atom is 0.190 e. The van der Waals surface area contributed by atoms with Gasteiger partial charge in [-0.3, -0.25) is 0 Å². The standard InChI is InChI=1S/C12H18ClN3OS/c1-18-12-15-10(13)8-11(16-12)14-6-7-17-9-4-2-3-5-9/h8-9H,2-7H2,1H3,(H,14,15,16). The van der Waals surface area contributed by atoms with Crippen molar-refractivity contribution in [3.63, 3.8) is 0 Å². The minimum absolute atomic E-state index is 0.461. The quantitative estimate of drug-likeness (QED) is 0.377. The SMILES string of the molecule is CSc1nc(Cl)cc(NCCOC2CCCC2)n1. The molecule has 0 spiro atoms. The summed E-state index contributed by atoms with van der Waals surface area (Å²) in [5.74, 6) is 0.759. The Balaban J connectivity index is 1.73. The zero-order chi connectivity index (χ0) is 12.8. The van der Waals surface area contributed by atoms with E-state index in [1.807, 2.05) is 6.26 Å². The van der Waals surface area contributed by atoms with Crippen LogP contribution in [0.3, 0.4) is 0 Å². The number of halogens is 1. The maximum absolute atomic E-state index is 5.91. The predicted molar refractivity (Wildman–Crippen MR) is 75.5 cm³/mol. The molecule has 0 atom stereocenters. The number of thioether (sulfide) groups is 1. The van der Waals surface area contributed by atoms with Crippen LogP contribution < -0.4 is 5.32 Å². The van der Waals surface area contributed by atoms with Crippen molar-refractivity contribution >= 4 is 29.2 Å². The first-order chi connectivity index (χ1) is 8.78. The van der Waals surface area contributed by atoms with Gasteiger partial charge in [0.05, 0.1) is 12.7 Å². The van der Waals surface area contributed by atoms with Gasteiger partial charge in [-0.2, -0.15) is 0 Å². The third-order valence-electron chi connectivity index (χ3n) is 2.92. The van der Waals surface area contributed by atoms with Gasteiger partial charge in [0, 0.05) is 12.6 Å². The van der Waals surface area contributed by atoms with Gasteiger partial charge in [0.2, 0.25) is 0 Å². The van der Waals surface area contributed by atoms with Gasteiger partial charge in [0.25, 0.3) is 0 Å². The molecule has 18 heavy (non-hydrogen) atoms. The molecule has 2 rings (SSSR count). The molecule has 1 aromatic rings. The van der Waals surface area contributed by atoms with E-state index in [-0.39, 0.29) is 0 Å². The highest BCUT2D eigenvalue weighted by Crippen LogP contribution is 2.21. The number of ether oxygens (including phenoxy) is 1. The fourth-order valence-electron chi connectivity index (χ4n) is 2.04. The lowest BCUT2D eigenvalue weighted by Crippen LogP contribution is -2.16. The van der Waals surface area contributed by atoms with Crippen molar-refractivity contribution in [2.24, 2.45) is 0 Å². The Morgan fingerprint density at radius 1 is 1.44 bits per heavy atom. The van der Waals surface area contributed by atoms with Gasteiger partial charge in [0.1, 0.15) is 11.0 Å². The molecule has 0 saturated heterocycles. The minimum Gasteiger partial charge on any atom is -0.376 e. The van der Waals surface area contributed by atoms with E-state index in [1.165, 1.54) is 37.4 Å². The van der Waals surface area contributed by atoms with Crippen molar-refractivity contribution in [1.82, 2.24) is 9.97 Å². The molecule has 1 fully saturated rings. The lowest BCUT2D eigenvalue weighted by atomic mass is 10.3. The third kappa shape index (κ3) is 4.30. The summed E-state index contributed by atoms with van der Waals surface area (Å²) < 4.78 is 5.77. The van der Waals surface area contributed by atoms with E-state index in [1.54, 1.807) is 6.07 Å². The molecule has 1 heterocycles. The Labute approximate surface area is 117 Å². The number of hydrogen-bond acceptors (Lipinski definition) is 5. The summed E-state index contributed by atoms with van der Waals surface area (Å²) in [6.45, 7) is 1.46. The molecule has 0 unspecified atom stereocenters. The van der Waals surface area contributed by atoms with E-state index in [4.69, 9.17) is 16.3 Å². The van der Waals surface area contributed by atoms with Crippen LogP contribution in [0, 0.1) is 0 Å². The van der Waals surface area contributed by atoms with Crippen molar-refractivity contribution in [3.8, 4) is 0 Å². The Morgan fingerprint density at radius 2 is 2.22 bits per heavy atom. The highest BCUT2D eigenvalue weighted by atomic mass is 35.5. The Hall–Kier alpha value is -0.520. The van der Waals surface area contributed by atoms with Crippen LogP contribution in [-0.4, -0.2) is 35.5 Å². The largest absolute Gasteiger partial charge is 0.376 e. The van der Waals surface area contributed by atoms with E-state index < -0.39 is 0 Å². The van der Waals surface area contributed by atoms with Crippen LogP contribution in [0.25, 0.3) is 0 Å². The van der Waals surface area contributed by atoms with Gasteiger partial charge in [0.15, 0.2) is 5.16 Å². The van der Waals surface area contributed by atoms with E-state index in [9.17, 15) is 0 Å². The molecule has 0 radical (unpaired) electrons. The first-order valence-electron chi connectivity index (χ1n) is 6.22. The Morgan fingerprint density at radius 3 is 2.94 bits per heavy atom. The van der Waals surface area contributed by atoms with Gasteiger partial charge in [-0.15, -0.1) is 0 Å². The summed E-state index contributed by atoms with van der Waals surface area (Å²) in [5, 5.41) is 4.36. The number of hydrogen-bond donors (Lipinski definition) is 1. The average molecular weight is 288 g/mol. The smallest absolute Gasteiger partial charge is 0.190 e. The molecule has 0 aromatic carbocycles. The van der Waals surface area contributed by atoms with E-state index in [0.717, 1.165) is 12.4 Å². The molecule has 0 aliphatic heterocycles. The fourth-order valence-corrected chi connectivity index (χ4v) is 2.65. The lowest BCUT2D eigenvalue weighted by molar-refractivity contribution is 0.0658. The average Bonchev–Trinajstić information content (AvgIpc) is 2.87. The first kappa shape index (κ1) is 13.9. The van der Waals surface area contributed by atoms with Crippen LogP contribution in [0.1, 0.15) is 25.7 Å². The molecule has 1 saturated carbocycles. The van der Waals surface area contributed by atoms with E-state index in [0.29, 0.717) is 23.0 Å². The second kappa shape index (κ2) is 7.16. The molecule has 100 valence electrons. The molecule has 4 nitrogen and oxygen atoms in total. The number of rotatable bonds is 6. The van der Waals surface area contributed by atoms with Gasteiger partial charge in [-0.05, 0) is 19.1 Å². The number of anilines is 1. The zero-order valence-electron chi connectivity index (χ0n) is 10.5. The van der Waals surface area contributed by atoms with Gasteiger partial charge >= 0.3 is 0 Å². The Bertz CT molecular complexity index is 386. The topological polar surface area (TPSA) is 47.0 Å². The number of aromatic nitrogens is 2. The van der Waals surface area contributed by atoms with Crippen molar-refractivity contribution in [2.75, 3.05) is 24.7 Å². The van der Waals surface area contributed by atoms with Crippen molar-refractivity contribution in [2.45, 2.75) is 36.9 Å². The summed E-state index contributed by atoms with van der Waals surface area (Å²) in [6, 6.07) is 1.73. The molecule has 0 bridgehead atoms. The van der Waals surface area contributed by atoms with Crippen molar-refractivity contribution in [3.05, 3.63) is 11.2 Å². The summed E-state index contributed by atoms with van der Waals surface area (Å²) in [4.78, 5) is 8.41. The van der Waals surface area contributed by atoms with Crippen LogP contribution in [-0.2, 0) is 4.74 Å². The van der Waals surface area contributed by atoms with Crippen LogP contribution in [0.5, 0.6) is 0 Å². The maximum atomic E-state index is 5.91. The van der Waals surface area contributed by atoms with Crippen molar-refractivity contribution in [1.29, 1.82) is 0 Å². The summed E-state index contributed by atoms with van der Waals surface area (Å²) in [7, 11) is 0. The third-order valence-corrected chi connectivity index (χ3v) is 3.66. The monoisotopic (exact) mass is 287 g/mol. The van der Waals surface area contributed by atoms with Gasteiger partial charge < -0.3 is 10.1 Å². The molecule has 1 aliphatic carbocycles. The van der Waals surface area contributed by atoms with E-state index >= 15 is 0 Å². The molecule has 1 aliphatic rings. The van der Waals surface area contributed by atoms with Crippen molar-refractivity contribution < 1.29 is 4.74 Å². The predicted octanol–water partition coefficient (Wildman–Crippen LogP) is 3.22. The first-order valence-corrected chi connectivity index (χ1v) is 7.82. The molecular weight excluding hydrogens is 270 g/mol. The van der Waals surface area contributed by atoms with Crippen LogP contribution in [0.15, 0.2) is 11.2 Å². The summed E-state index contributed by atoms with van der Waals surface area (Å²) in [6.07, 6.45) is 7.40. The van der Waals surface area contributed by atoms with Crippen LogP contribution in [0.2, 0.25) is 5.15 Å². The highest BCUT2D eigenvalue weighted by Gasteiger charge is 2.14. The number of nitrogens with one attached hydrogen (secondary N) is 1. The van der Waals surface area contributed by atoms with E-state index in [2.05, 4.69) is 15.3 Å². The number of nitrogens with zero attached hydrogens (tertiary/aromatic N) is 2. The minimum atomic E-state index is 0.461. The fraction of sp³-hybridized carbons (Fsp3) is 0.667. The van der Waals surface area contributed by atoms with Gasteiger partial charge in [-0.25, -0.2) is 9.97 Å². The molecule has 0 amide bonds. The van der Waals surface area contributed by atoms with Crippen LogP contribution >= 0.6 is 23.4 Å². The second-order valence-corrected chi connectivity index (χ2v) is 5.43.